The van der Waals surface area contributed by atoms with Crippen LogP contribution in [-0.4, -0.2) is 28.8 Å². The Balaban J connectivity index is 2.19. The summed E-state index contributed by atoms with van der Waals surface area (Å²) in [5.41, 5.74) is 0.894. The Morgan fingerprint density at radius 3 is 2.71 bits per heavy atom. The number of benzene rings is 1. The van der Waals surface area contributed by atoms with Crippen molar-refractivity contribution >= 4 is 11.0 Å². The molecule has 3 nitrogen and oxygen atoms in total. The third-order valence-corrected chi connectivity index (χ3v) is 4.39. The smallest absolute Gasteiger partial charge is 0.318 e. The number of para-hydroxylation sites is 2. The van der Waals surface area contributed by atoms with E-state index in [0.717, 1.165) is 19.4 Å². The molecule has 0 aliphatic carbocycles. The lowest BCUT2D eigenvalue weighted by atomic mass is 9.83. The first kappa shape index (κ1) is 14.4. The largest absolute Gasteiger partial charge is 0.406 e. The number of halogens is 3. The Morgan fingerprint density at radius 2 is 2.10 bits per heavy atom. The lowest BCUT2D eigenvalue weighted by Gasteiger charge is -2.27. The summed E-state index contributed by atoms with van der Waals surface area (Å²) < 4.78 is 40.3. The van der Waals surface area contributed by atoms with Crippen molar-refractivity contribution in [1.29, 1.82) is 0 Å². The highest BCUT2D eigenvalue weighted by Crippen LogP contribution is 2.36. The van der Waals surface area contributed by atoms with Crippen molar-refractivity contribution in [3.05, 3.63) is 30.1 Å². The average Bonchev–Trinajstić information content (AvgIpc) is 3.03. The molecule has 1 aliphatic heterocycles. The number of alkyl halides is 3. The minimum absolute atomic E-state index is 0.301. The van der Waals surface area contributed by atoms with Gasteiger partial charge < -0.3 is 9.88 Å². The van der Waals surface area contributed by atoms with Crippen molar-refractivity contribution in [3.8, 4) is 0 Å². The average molecular weight is 297 g/mol. The van der Waals surface area contributed by atoms with Crippen molar-refractivity contribution in [1.82, 2.24) is 14.9 Å². The molecule has 0 spiro atoms. The quantitative estimate of drug-likeness (QED) is 0.942. The van der Waals surface area contributed by atoms with Crippen LogP contribution in [0.4, 0.5) is 13.2 Å². The van der Waals surface area contributed by atoms with Gasteiger partial charge in [-0.3, -0.25) is 0 Å². The van der Waals surface area contributed by atoms with Crippen LogP contribution >= 0.6 is 0 Å². The molecule has 3 rings (SSSR count). The summed E-state index contributed by atoms with van der Waals surface area (Å²) in [4.78, 5) is 4.54. The number of rotatable bonds is 3. The van der Waals surface area contributed by atoms with E-state index in [4.69, 9.17) is 0 Å². The Hall–Kier alpha value is -1.56. The summed E-state index contributed by atoms with van der Waals surface area (Å²) in [5.74, 6) is 0.563. The molecule has 1 aromatic carbocycles. The zero-order chi connectivity index (χ0) is 15.1. The fourth-order valence-corrected chi connectivity index (χ4v) is 3.21. The predicted molar refractivity (Wildman–Crippen MR) is 75.2 cm³/mol. The maximum Gasteiger partial charge on any atom is 0.406 e. The highest BCUT2D eigenvalue weighted by molar-refractivity contribution is 5.76. The summed E-state index contributed by atoms with van der Waals surface area (Å²) in [6, 6.07) is 7.05. The number of imidazole rings is 1. The van der Waals surface area contributed by atoms with Gasteiger partial charge >= 0.3 is 6.18 Å². The van der Waals surface area contributed by atoms with Gasteiger partial charge in [-0.25, -0.2) is 4.98 Å². The molecule has 0 saturated carbocycles. The molecule has 1 atom stereocenters. The van der Waals surface area contributed by atoms with Crippen molar-refractivity contribution in [3.63, 3.8) is 0 Å². The predicted octanol–water partition coefficient (Wildman–Crippen LogP) is 3.24. The summed E-state index contributed by atoms with van der Waals surface area (Å²) in [5, 5.41) is 3.26. The molecule has 6 heteroatoms. The second kappa shape index (κ2) is 5.02. The van der Waals surface area contributed by atoms with Gasteiger partial charge in [-0.15, -0.1) is 0 Å². The number of nitrogens with zero attached hydrogens (tertiary/aromatic N) is 2. The maximum atomic E-state index is 13.0. The minimum Gasteiger partial charge on any atom is -0.318 e. The maximum absolute atomic E-state index is 13.0. The molecule has 114 valence electrons. The first-order chi connectivity index (χ1) is 9.95. The van der Waals surface area contributed by atoms with Crippen LogP contribution < -0.4 is 5.32 Å². The summed E-state index contributed by atoms with van der Waals surface area (Å²) >= 11 is 0. The molecule has 1 N–H and O–H groups in total. The second-order valence-corrected chi connectivity index (χ2v) is 5.69. The van der Waals surface area contributed by atoms with Crippen LogP contribution in [0.5, 0.6) is 0 Å². The third kappa shape index (κ3) is 2.52. The van der Waals surface area contributed by atoms with Crippen molar-refractivity contribution in [2.45, 2.75) is 37.9 Å². The number of nitrogens with one attached hydrogen (secondary N) is 1. The van der Waals surface area contributed by atoms with Gasteiger partial charge in [0.05, 0.1) is 11.0 Å². The van der Waals surface area contributed by atoms with Gasteiger partial charge in [-0.05, 0) is 31.5 Å². The van der Waals surface area contributed by atoms with Crippen LogP contribution in [0.2, 0.25) is 0 Å². The standard InChI is InChI=1S/C15H18F3N3/c1-2-14(7-8-19-9-14)13-20-11-5-3-4-6-12(11)21(13)10-15(16,17)18/h3-6,19H,2,7-10H2,1H3. The van der Waals surface area contributed by atoms with E-state index >= 15 is 0 Å². The van der Waals surface area contributed by atoms with Crippen LogP contribution in [0.3, 0.4) is 0 Å². The van der Waals surface area contributed by atoms with Gasteiger partial charge in [0.15, 0.2) is 0 Å². The fraction of sp³-hybridized carbons (Fsp3) is 0.533. The van der Waals surface area contributed by atoms with E-state index in [1.165, 1.54) is 4.57 Å². The lowest BCUT2D eigenvalue weighted by molar-refractivity contribution is -0.140. The molecule has 1 aliphatic rings. The molecule has 1 aromatic heterocycles. The lowest BCUT2D eigenvalue weighted by Crippen LogP contribution is -2.33. The van der Waals surface area contributed by atoms with Gasteiger partial charge in [-0.1, -0.05) is 19.1 Å². The molecule has 0 radical (unpaired) electrons. The highest BCUT2D eigenvalue weighted by atomic mass is 19.4. The van der Waals surface area contributed by atoms with Crippen LogP contribution in [0.1, 0.15) is 25.6 Å². The topological polar surface area (TPSA) is 29.9 Å². The van der Waals surface area contributed by atoms with E-state index in [9.17, 15) is 13.2 Å². The molecular formula is C15H18F3N3. The Morgan fingerprint density at radius 1 is 1.33 bits per heavy atom. The Bertz CT molecular complexity index is 639. The number of aromatic nitrogens is 2. The molecule has 0 amide bonds. The molecule has 1 fully saturated rings. The van der Waals surface area contributed by atoms with Crippen molar-refractivity contribution < 1.29 is 13.2 Å². The van der Waals surface area contributed by atoms with Gasteiger partial charge in [0.1, 0.15) is 12.4 Å². The Kier molecular flexibility index (Phi) is 3.43. The number of fused-ring (bicyclic) bond motifs is 1. The van der Waals surface area contributed by atoms with Crippen molar-refractivity contribution in [2.75, 3.05) is 13.1 Å². The molecule has 1 unspecified atom stereocenters. The van der Waals surface area contributed by atoms with Crippen LogP contribution in [0.25, 0.3) is 11.0 Å². The van der Waals surface area contributed by atoms with Crippen molar-refractivity contribution in [2.24, 2.45) is 0 Å². The first-order valence-corrected chi connectivity index (χ1v) is 7.18. The van der Waals surface area contributed by atoms with Gasteiger partial charge in [0.25, 0.3) is 0 Å². The van der Waals surface area contributed by atoms with E-state index < -0.39 is 12.7 Å². The van der Waals surface area contributed by atoms with E-state index in [1.807, 2.05) is 13.0 Å². The fourth-order valence-electron chi connectivity index (χ4n) is 3.21. The molecule has 2 aromatic rings. The summed E-state index contributed by atoms with van der Waals surface area (Å²) in [6.07, 6.45) is -2.65. The zero-order valence-electron chi connectivity index (χ0n) is 11.9. The number of hydrogen-bond acceptors (Lipinski definition) is 2. The number of hydrogen-bond donors (Lipinski definition) is 1. The summed E-state index contributed by atoms with van der Waals surface area (Å²) in [6.45, 7) is 2.54. The second-order valence-electron chi connectivity index (χ2n) is 5.69. The SMILES string of the molecule is CCC1(c2nc3ccccc3n2CC(F)(F)F)CCNC1. The molecular weight excluding hydrogens is 279 g/mol. The van der Waals surface area contributed by atoms with Gasteiger partial charge in [0.2, 0.25) is 0 Å². The Labute approximate surface area is 121 Å². The van der Waals surface area contributed by atoms with Crippen LogP contribution in [-0.2, 0) is 12.0 Å². The first-order valence-electron chi connectivity index (χ1n) is 7.18. The molecule has 2 heterocycles. The molecule has 1 saturated heterocycles. The molecule has 0 bridgehead atoms. The zero-order valence-corrected chi connectivity index (χ0v) is 11.9. The van der Waals surface area contributed by atoms with Crippen LogP contribution in [0.15, 0.2) is 24.3 Å². The van der Waals surface area contributed by atoms with Gasteiger partial charge in [0, 0.05) is 12.0 Å². The third-order valence-electron chi connectivity index (χ3n) is 4.39. The van der Waals surface area contributed by atoms with Crippen LogP contribution in [0, 0.1) is 0 Å². The van der Waals surface area contributed by atoms with E-state index in [2.05, 4.69) is 10.3 Å². The van der Waals surface area contributed by atoms with E-state index in [0.29, 0.717) is 23.4 Å². The minimum atomic E-state index is -4.25. The summed E-state index contributed by atoms with van der Waals surface area (Å²) in [7, 11) is 0. The molecule has 21 heavy (non-hydrogen) atoms. The van der Waals surface area contributed by atoms with E-state index in [-0.39, 0.29) is 5.41 Å². The van der Waals surface area contributed by atoms with Gasteiger partial charge in [-0.2, -0.15) is 13.2 Å². The monoisotopic (exact) mass is 297 g/mol. The normalized spacial score (nSPS) is 23.0. The highest BCUT2D eigenvalue weighted by Gasteiger charge is 2.40. The van der Waals surface area contributed by atoms with E-state index in [1.54, 1.807) is 18.2 Å².